The van der Waals surface area contributed by atoms with Crippen LogP contribution in [0.25, 0.3) is 11.1 Å². The van der Waals surface area contributed by atoms with E-state index < -0.39 is 11.9 Å². The molecule has 2 nitrogen and oxygen atoms in total. The van der Waals surface area contributed by atoms with Crippen LogP contribution in [-0.4, -0.2) is 10.2 Å². The van der Waals surface area contributed by atoms with Crippen molar-refractivity contribution in [3.63, 3.8) is 0 Å². The van der Waals surface area contributed by atoms with E-state index in [1.54, 1.807) is 24.3 Å². The van der Waals surface area contributed by atoms with E-state index in [1.165, 1.54) is 6.20 Å². The Balaban J connectivity index is 2.58. The lowest BCUT2D eigenvalue weighted by Gasteiger charge is -2.08. The van der Waals surface area contributed by atoms with Crippen molar-refractivity contribution in [3.05, 3.63) is 40.6 Å². The van der Waals surface area contributed by atoms with Crippen molar-refractivity contribution in [2.24, 2.45) is 0 Å². The van der Waals surface area contributed by atoms with Gasteiger partial charge in [-0.3, -0.25) is 5.10 Å². The topological polar surface area (TPSA) is 28.7 Å². The van der Waals surface area contributed by atoms with E-state index in [0.29, 0.717) is 10.0 Å². The molecule has 0 atom stereocenters. The van der Waals surface area contributed by atoms with Crippen molar-refractivity contribution >= 4 is 15.9 Å². The van der Waals surface area contributed by atoms with Gasteiger partial charge in [0.25, 0.3) is 0 Å². The predicted octanol–water partition coefficient (Wildman–Crippen LogP) is 3.86. The average Bonchev–Trinajstić information content (AvgIpc) is 2.66. The summed E-state index contributed by atoms with van der Waals surface area (Å²) in [5.41, 5.74) is -0.331. The van der Waals surface area contributed by atoms with Gasteiger partial charge in [-0.25, -0.2) is 0 Å². The Morgan fingerprint density at radius 1 is 1.12 bits per heavy atom. The van der Waals surface area contributed by atoms with Crippen LogP contribution in [0.5, 0.6) is 0 Å². The zero-order chi connectivity index (χ0) is 11.8. The van der Waals surface area contributed by atoms with E-state index in [4.69, 9.17) is 0 Å². The van der Waals surface area contributed by atoms with Gasteiger partial charge in [0.15, 0.2) is 0 Å². The molecule has 0 saturated carbocycles. The van der Waals surface area contributed by atoms with Crippen molar-refractivity contribution in [1.29, 1.82) is 0 Å². The van der Waals surface area contributed by atoms with E-state index in [2.05, 4.69) is 21.0 Å². The molecule has 1 N–H and O–H groups in total. The van der Waals surface area contributed by atoms with Crippen molar-refractivity contribution in [1.82, 2.24) is 10.2 Å². The molecule has 0 spiro atoms. The summed E-state index contributed by atoms with van der Waals surface area (Å²) in [6.45, 7) is 0. The van der Waals surface area contributed by atoms with E-state index >= 15 is 0 Å². The highest BCUT2D eigenvalue weighted by Gasteiger charge is 2.36. The Morgan fingerprint density at radius 3 is 2.44 bits per heavy atom. The Morgan fingerprint density at radius 2 is 1.81 bits per heavy atom. The van der Waals surface area contributed by atoms with Gasteiger partial charge in [0.2, 0.25) is 0 Å². The Labute approximate surface area is 97.6 Å². The lowest BCUT2D eigenvalue weighted by atomic mass is 10.1. The van der Waals surface area contributed by atoms with E-state index in [9.17, 15) is 13.2 Å². The number of aromatic nitrogens is 2. The summed E-state index contributed by atoms with van der Waals surface area (Å²) in [6, 6.07) is 6.70. The molecule has 0 aliphatic carbocycles. The first-order chi connectivity index (χ1) is 7.50. The molecule has 0 saturated heterocycles. The maximum absolute atomic E-state index is 12.6. The van der Waals surface area contributed by atoms with E-state index in [1.807, 2.05) is 5.10 Å². The van der Waals surface area contributed by atoms with Gasteiger partial charge >= 0.3 is 6.18 Å². The number of halogens is 4. The second kappa shape index (κ2) is 3.93. The fourth-order valence-corrected chi connectivity index (χ4v) is 1.88. The van der Waals surface area contributed by atoms with Crippen molar-refractivity contribution in [2.75, 3.05) is 0 Å². The summed E-state index contributed by atoms with van der Waals surface area (Å²) in [5, 5.41) is 5.42. The molecule has 1 aromatic heterocycles. The number of nitrogens with one attached hydrogen (secondary N) is 1. The highest BCUT2D eigenvalue weighted by Crippen LogP contribution is 2.37. The molecule has 0 radical (unpaired) electrons. The van der Waals surface area contributed by atoms with E-state index in [-0.39, 0.29) is 5.56 Å². The van der Waals surface area contributed by atoms with Crippen LogP contribution in [0.15, 0.2) is 34.9 Å². The van der Waals surface area contributed by atoms with Crippen LogP contribution in [0, 0.1) is 0 Å². The van der Waals surface area contributed by atoms with Crippen LogP contribution in [0.2, 0.25) is 0 Å². The molecular formula is C10H6BrF3N2. The molecule has 1 heterocycles. The number of hydrogen-bond acceptors (Lipinski definition) is 1. The number of H-pyrrole nitrogens is 1. The zero-order valence-corrected chi connectivity index (χ0v) is 9.43. The molecule has 1 aromatic carbocycles. The molecule has 0 aliphatic heterocycles. The molecule has 0 unspecified atom stereocenters. The van der Waals surface area contributed by atoms with Gasteiger partial charge in [-0.15, -0.1) is 0 Å². The minimum atomic E-state index is -4.43. The van der Waals surface area contributed by atoms with Gasteiger partial charge in [-0.05, 0) is 11.6 Å². The van der Waals surface area contributed by atoms with E-state index in [0.717, 1.165) is 0 Å². The monoisotopic (exact) mass is 290 g/mol. The summed E-state index contributed by atoms with van der Waals surface area (Å²) in [5.74, 6) is 0. The smallest absolute Gasteiger partial charge is 0.273 e. The number of rotatable bonds is 1. The van der Waals surface area contributed by atoms with Gasteiger partial charge in [0.1, 0.15) is 5.69 Å². The third kappa shape index (κ3) is 1.97. The maximum atomic E-state index is 12.6. The van der Waals surface area contributed by atoms with Crippen LogP contribution in [-0.2, 0) is 6.18 Å². The van der Waals surface area contributed by atoms with Gasteiger partial charge in [0.05, 0.1) is 6.20 Å². The fraction of sp³-hybridized carbons (Fsp3) is 0.100. The molecule has 84 valence electrons. The van der Waals surface area contributed by atoms with Gasteiger partial charge in [-0.2, -0.15) is 18.3 Å². The standard InChI is InChI=1S/C10H6BrF3N2/c11-8-4-2-1-3-6(8)7-5-15-16-9(7)10(12,13)14/h1-5H,(H,15,16). The van der Waals surface area contributed by atoms with Gasteiger partial charge in [-0.1, -0.05) is 34.1 Å². The van der Waals surface area contributed by atoms with Crippen LogP contribution in [0.1, 0.15) is 5.69 Å². The number of alkyl halides is 3. The summed E-state index contributed by atoms with van der Waals surface area (Å²) in [7, 11) is 0. The minimum absolute atomic E-state index is 0.0416. The number of benzene rings is 1. The van der Waals surface area contributed by atoms with Gasteiger partial charge < -0.3 is 0 Å². The number of nitrogens with zero attached hydrogens (tertiary/aromatic N) is 1. The largest absolute Gasteiger partial charge is 0.433 e. The normalized spacial score (nSPS) is 11.8. The molecule has 0 fully saturated rings. The summed E-state index contributed by atoms with van der Waals surface area (Å²) in [6.07, 6.45) is -3.26. The SMILES string of the molecule is FC(F)(F)c1[nH]ncc1-c1ccccc1Br. The Bertz CT molecular complexity index is 505. The van der Waals surface area contributed by atoms with Gasteiger partial charge in [0, 0.05) is 10.0 Å². The first kappa shape index (κ1) is 11.2. The quantitative estimate of drug-likeness (QED) is 0.849. The zero-order valence-electron chi connectivity index (χ0n) is 7.85. The Kier molecular flexibility index (Phi) is 2.75. The van der Waals surface area contributed by atoms with Crippen LogP contribution in [0.4, 0.5) is 13.2 Å². The molecule has 6 heteroatoms. The molecule has 0 bridgehead atoms. The summed E-state index contributed by atoms with van der Waals surface area (Å²) in [4.78, 5) is 0. The third-order valence-corrected chi connectivity index (χ3v) is 2.78. The van der Waals surface area contributed by atoms with Crippen molar-refractivity contribution in [2.45, 2.75) is 6.18 Å². The molecule has 2 rings (SSSR count). The van der Waals surface area contributed by atoms with Crippen LogP contribution < -0.4 is 0 Å². The summed E-state index contributed by atoms with van der Waals surface area (Å²) < 4.78 is 38.4. The highest BCUT2D eigenvalue weighted by molar-refractivity contribution is 9.10. The first-order valence-corrected chi connectivity index (χ1v) is 5.15. The lowest BCUT2D eigenvalue weighted by molar-refractivity contribution is -0.140. The molecule has 0 aliphatic rings. The maximum Gasteiger partial charge on any atom is 0.433 e. The number of hydrogen-bond donors (Lipinski definition) is 1. The average molecular weight is 291 g/mol. The second-order valence-corrected chi connectivity index (χ2v) is 3.99. The first-order valence-electron chi connectivity index (χ1n) is 4.35. The molecule has 16 heavy (non-hydrogen) atoms. The fourth-order valence-electron chi connectivity index (χ4n) is 1.39. The third-order valence-electron chi connectivity index (χ3n) is 2.09. The van der Waals surface area contributed by atoms with Crippen molar-refractivity contribution in [3.8, 4) is 11.1 Å². The second-order valence-electron chi connectivity index (χ2n) is 3.14. The van der Waals surface area contributed by atoms with Crippen LogP contribution in [0.3, 0.4) is 0 Å². The van der Waals surface area contributed by atoms with Crippen LogP contribution >= 0.6 is 15.9 Å². The van der Waals surface area contributed by atoms with Crippen molar-refractivity contribution < 1.29 is 13.2 Å². The lowest BCUT2D eigenvalue weighted by Crippen LogP contribution is -2.07. The number of aromatic amines is 1. The minimum Gasteiger partial charge on any atom is -0.273 e. The predicted molar refractivity (Wildman–Crippen MR) is 56.7 cm³/mol. The molecule has 2 aromatic rings. The molecule has 0 amide bonds. The highest BCUT2D eigenvalue weighted by atomic mass is 79.9. The Hall–Kier alpha value is -1.30. The molecular weight excluding hydrogens is 285 g/mol. The summed E-state index contributed by atoms with van der Waals surface area (Å²) >= 11 is 3.21.